The van der Waals surface area contributed by atoms with Gasteiger partial charge in [0.2, 0.25) is 0 Å². The van der Waals surface area contributed by atoms with Crippen molar-refractivity contribution in [2.24, 2.45) is 0 Å². The topological polar surface area (TPSA) is 231 Å². The Balaban J connectivity index is 1.82. The maximum Gasteiger partial charge on any atom is 0.306 e. The Labute approximate surface area is 401 Å². The third kappa shape index (κ3) is 27.4. The van der Waals surface area contributed by atoms with Crippen LogP contribution in [0.4, 0.5) is 0 Å². The number of rotatable bonds is 39. The number of hydrogen-bond donors (Lipinski definition) is 7. The summed E-state index contributed by atoms with van der Waals surface area (Å²) < 4.78 is 33.6. The van der Waals surface area contributed by atoms with Gasteiger partial charge in [-0.15, -0.1) is 0 Å². The van der Waals surface area contributed by atoms with Crippen molar-refractivity contribution < 1.29 is 73.8 Å². The van der Waals surface area contributed by atoms with Crippen molar-refractivity contribution in [1.29, 1.82) is 0 Å². The third-order valence-electron chi connectivity index (χ3n) is 12.2. The quantitative estimate of drug-likeness (QED) is 0.0185. The van der Waals surface area contributed by atoms with Crippen molar-refractivity contribution in [1.82, 2.24) is 0 Å². The molecule has 4 unspecified atom stereocenters. The first-order chi connectivity index (χ1) is 32.5. The second kappa shape index (κ2) is 39.2. The standard InChI is InChI=1S/C52H90O15/c1-3-5-7-9-11-13-15-17-19-21-23-25-27-29-31-33-35-44(55)65-40(37-62-43(54)34-32-30-28-26-24-22-20-18-16-14-12-10-8-6-4-2)38-63-51-50(61)48(59)46(57)42(67-51)39-64-52-49(60)47(58)45(56)41(36-53)66-52/h6,8,10,12,14,16,18,20,40-42,45-53,56-61H,3-5,7,9,11,13,15,17,19,21-39H2,1-2H3/b8-6+,12-10+,16-14+,20-18+/t40-,41-,42-,45+,46+,47?,48?,49?,50?,51-,52-/m1/s1. The number of esters is 2. The van der Waals surface area contributed by atoms with Crippen LogP contribution in [-0.2, 0) is 38.0 Å². The summed E-state index contributed by atoms with van der Waals surface area (Å²) in [6.07, 6.45) is 25.6. The number of aliphatic hydroxyl groups excluding tert-OH is 7. The number of allylic oxidation sites excluding steroid dienone is 8. The largest absolute Gasteiger partial charge is 0.462 e. The van der Waals surface area contributed by atoms with Crippen molar-refractivity contribution in [3.63, 3.8) is 0 Å². The van der Waals surface area contributed by atoms with E-state index in [1.54, 1.807) is 0 Å². The molecule has 2 aliphatic heterocycles. The molecule has 2 rings (SSSR count). The predicted molar refractivity (Wildman–Crippen MR) is 257 cm³/mol. The Morgan fingerprint density at radius 3 is 1.48 bits per heavy atom. The molecule has 0 aliphatic carbocycles. The van der Waals surface area contributed by atoms with Crippen LogP contribution in [0.1, 0.15) is 174 Å². The fraction of sp³-hybridized carbons (Fsp3) is 0.808. The smallest absolute Gasteiger partial charge is 0.306 e. The summed E-state index contributed by atoms with van der Waals surface area (Å²) in [5.74, 6) is -0.949. The monoisotopic (exact) mass is 955 g/mol. The minimum atomic E-state index is -1.77. The zero-order chi connectivity index (χ0) is 48.9. The van der Waals surface area contributed by atoms with E-state index in [0.717, 1.165) is 57.8 Å². The Morgan fingerprint density at radius 1 is 0.493 bits per heavy atom. The van der Waals surface area contributed by atoms with Crippen molar-refractivity contribution in [2.45, 2.75) is 242 Å². The molecule has 2 saturated heterocycles. The van der Waals surface area contributed by atoms with Gasteiger partial charge in [0, 0.05) is 12.8 Å². The van der Waals surface area contributed by atoms with E-state index in [4.69, 9.17) is 28.4 Å². The first-order valence-corrected chi connectivity index (χ1v) is 25.8. The summed E-state index contributed by atoms with van der Waals surface area (Å²) in [6.45, 7) is 2.43. The molecule has 15 heteroatoms. The molecular formula is C52H90O15. The molecule has 0 amide bonds. The van der Waals surface area contributed by atoms with Crippen LogP contribution in [0.15, 0.2) is 48.6 Å². The summed E-state index contributed by atoms with van der Waals surface area (Å²) >= 11 is 0. The van der Waals surface area contributed by atoms with Gasteiger partial charge in [0.25, 0.3) is 0 Å². The third-order valence-corrected chi connectivity index (χ3v) is 12.2. The van der Waals surface area contributed by atoms with Gasteiger partial charge in [-0.05, 0) is 32.1 Å². The first-order valence-electron chi connectivity index (χ1n) is 25.8. The molecule has 0 aromatic carbocycles. The van der Waals surface area contributed by atoms with Crippen molar-refractivity contribution in [2.75, 3.05) is 26.4 Å². The molecule has 0 aromatic heterocycles. The van der Waals surface area contributed by atoms with Gasteiger partial charge in [0.1, 0.15) is 55.4 Å². The first kappa shape index (κ1) is 60.6. The Bertz CT molecular complexity index is 1350. The van der Waals surface area contributed by atoms with E-state index in [1.165, 1.54) is 77.0 Å². The molecule has 15 nitrogen and oxygen atoms in total. The van der Waals surface area contributed by atoms with E-state index in [0.29, 0.717) is 12.8 Å². The van der Waals surface area contributed by atoms with Crippen LogP contribution in [0.3, 0.4) is 0 Å². The molecule has 0 aromatic rings. The van der Waals surface area contributed by atoms with Gasteiger partial charge in [-0.25, -0.2) is 0 Å². The molecule has 2 fully saturated rings. The average Bonchev–Trinajstić information content (AvgIpc) is 3.32. The summed E-state index contributed by atoms with van der Waals surface area (Å²) in [6, 6.07) is 0. The van der Waals surface area contributed by atoms with Crippen LogP contribution in [0.2, 0.25) is 0 Å². The zero-order valence-corrected chi connectivity index (χ0v) is 40.9. The van der Waals surface area contributed by atoms with Crippen LogP contribution < -0.4 is 0 Å². The molecule has 2 heterocycles. The highest BCUT2D eigenvalue weighted by atomic mass is 16.7. The molecule has 0 radical (unpaired) electrons. The SMILES string of the molecule is CC/C=C/C=C/C=C/C=C/CCCCCCCC(=O)OC[C@H](CO[C@@H]1O[C@H](CO[C@@H]2O[C@H](CO)[C@H](O)C(O)C2O)[C@H](O)C(O)C1O)OC(=O)CCCCCCCCCCCCCCCCCC. The maximum atomic E-state index is 13.0. The van der Waals surface area contributed by atoms with Crippen LogP contribution in [0, 0.1) is 0 Å². The fourth-order valence-electron chi connectivity index (χ4n) is 7.93. The minimum Gasteiger partial charge on any atom is -0.462 e. The molecule has 11 atom stereocenters. The van der Waals surface area contributed by atoms with E-state index in [-0.39, 0.29) is 26.1 Å². The van der Waals surface area contributed by atoms with E-state index in [1.807, 2.05) is 36.5 Å². The number of carbonyl (C=O) groups excluding carboxylic acids is 2. The van der Waals surface area contributed by atoms with Crippen LogP contribution >= 0.6 is 0 Å². The van der Waals surface area contributed by atoms with Crippen LogP contribution in [-0.4, -0.2) is 142 Å². The van der Waals surface area contributed by atoms with E-state index in [9.17, 15) is 45.3 Å². The predicted octanol–water partition coefficient (Wildman–Crippen LogP) is 7.10. The van der Waals surface area contributed by atoms with Crippen LogP contribution in [0.25, 0.3) is 0 Å². The lowest BCUT2D eigenvalue weighted by Gasteiger charge is -2.42. The lowest BCUT2D eigenvalue weighted by atomic mass is 9.98. The Hall–Kier alpha value is -2.54. The van der Waals surface area contributed by atoms with Gasteiger partial charge in [-0.3, -0.25) is 9.59 Å². The van der Waals surface area contributed by atoms with Gasteiger partial charge in [-0.1, -0.05) is 178 Å². The Morgan fingerprint density at radius 2 is 0.940 bits per heavy atom. The van der Waals surface area contributed by atoms with Gasteiger partial charge >= 0.3 is 11.9 Å². The molecule has 0 spiro atoms. The second-order valence-electron chi connectivity index (χ2n) is 18.1. The summed E-state index contributed by atoms with van der Waals surface area (Å²) in [5, 5.41) is 72.1. The molecule has 2 aliphatic rings. The van der Waals surface area contributed by atoms with Crippen LogP contribution in [0.5, 0.6) is 0 Å². The van der Waals surface area contributed by atoms with E-state index >= 15 is 0 Å². The zero-order valence-electron chi connectivity index (χ0n) is 40.9. The number of aliphatic hydroxyl groups is 7. The average molecular weight is 955 g/mol. The maximum absolute atomic E-state index is 13.0. The number of ether oxygens (including phenoxy) is 6. The summed E-state index contributed by atoms with van der Waals surface area (Å²) in [7, 11) is 0. The number of carbonyl (C=O) groups is 2. The lowest BCUT2D eigenvalue weighted by molar-refractivity contribution is -0.332. The molecule has 388 valence electrons. The molecular weight excluding hydrogens is 865 g/mol. The molecule has 0 saturated carbocycles. The molecule has 7 N–H and O–H groups in total. The highest BCUT2D eigenvalue weighted by Gasteiger charge is 2.47. The van der Waals surface area contributed by atoms with Gasteiger partial charge < -0.3 is 64.2 Å². The summed E-state index contributed by atoms with van der Waals surface area (Å²) in [4.78, 5) is 25.8. The highest BCUT2D eigenvalue weighted by Crippen LogP contribution is 2.26. The lowest BCUT2D eigenvalue weighted by Crippen LogP contribution is -2.61. The minimum absolute atomic E-state index is 0.161. The normalized spacial score (nSPS) is 26.3. The highest BCUT2D eigenvalue weighted by molar-refractivity contribution is 5.70. The molecule has 0 bridgehead atoms. The number of unbranched alkanes of at least 4 members (excludes halogenated alkanes) is 20. The van der Waals surface area contributed by atoms with Gasteiger partial charge in [-0.2, -0.15) is 0 Å². The number of hydrogen-bond acceptors (Lipinski definition) is 15. The van der Waals surface area contributed by atoms with Crippen molar-refractivity contribution in [3.05, 3.63) is 48.6 Å². The van der Waals surface area contributed by atoms with Gasteiger partial charge in [0.15, 0.2) is 18.7 Å². The Kier molecular flexibility index (Phi) is 35.5. The van der Waals surface area contributed by atoms with E-state index in [2.05, 4.69) is 26.0 Å². The fourth-order valence-corrected chi connectivity index (χ4v) is 7.93. The molecule has 67 heavy (non-hydrogen) atoms. The van der Waals surface area contributed by atoms with Crippen molar-refractivity contribution >= 4 is 11.9 Å². The summed E-state index contributed by atoms with van der Waals surface area (Å²) in [5.41, 5.74) is 0. The van der Waals surface area contributed by atoms with E-state index < -0.39 is 92.7 Å². The second-order valence-corrected chi connectivity index (χ2v) is 18.1. The van der Waals surface area contributed by atoms with Gasteiger partial charge in [0.05, 0.1) is 19.8 Å². The van der Waals surface area contributed by atoms with Crippen molar-refractivity contribution in [3.8, 4) is 0 Å².